The lowest BCUT2D eigenvalue weighted by atomic mass is 9.90. The summed E-state index contributed by atoms with van der Waals surface area (Å²) in [5.41, 5.74) is -1.01. The molecule has 1 aromatic rings. The zero-order chi connectivity index (χ0) is 14.6. The van der Waals surface area contributed by atoms with Gasteiger partial charge in [-0.05, 0) is 31.6 Å². The maximum absolute atomic E-state index is 11.1. The van der Waals surface area contributed by atoms with Crippen LogP contribution in [0.25, 0.3) is 0 Å². The van der Waals surface area contributed by atoms with E-state index in [4.69, 9.17) is 34.8 Å². The molecular weight excluding hydrogens is 435 g/mol. The number of aromatic nitrogens is 3. The van der Waals surface area contributed by atoms with E-state index in [1.165, 1.54) is 6.33 Å². The van der Waals surface area contributed by atoms with Gasteiger partial charge in [-0.25, -0.2) is 4.98 Å². The highest BCUT2D eigenvalue weighted by molar-refractivity contribution is 14.1. The monoisotopic (exact) mass is 449 g/mol. The number of rotatable bonds is 6. The van der Waals surface area contributed by atoms with Gasteiger partial charge in [-0.1, -0.05) is 22.6 Å². The molecule has 112 valence electrons. The van der Waals surface area contributed by atoms with Gasteiger partial charge in [-0.3, -0.25) is 4.68 Å². The van der Waals surface area contributed by atoms with Crippen LogP contribution in [0.4, 0.5) is 0 Å². The quantitative estimate of drug-likeness (QED) is 0.535. The number of hydrogen-bond acceptors (Lipinski definition) is 3. The summed E-state index contributed by atoms with van der Waals surface area (Å²) in [5, 5.41) is 15.2. The Hall–Kier alpha value is 0.700. The van der Waals surface area contributed by atoms with Gasteiger partial charge in [0.1, 0.15) is 22.6 Å². The molecule has 8 heteroatoms. The highest BCUT2D eigenvalue weighted by atomic mass is 127. The molecule has 4 nitrogen and oxygen atoms in total. The van der Waals surface area contributed by atoms with Crippen molar-refractivity contribution in [1.82, 2.24) is 14.8 Å². The van der Waals surface area contributed by atoms with Gasteiger partial charge in [-0.2, -0.15) is 5.10 Å². The standard InChI is InChI=1S/C12H15Cl3IN3O/c13-11(4-9(11)16)10(20,5-19-7-17-6-18-19)2-1-8-3-12(8,14)15/h6-9,20H,1-5H2/t8-,9?,10?,11?/m1/s1. The molecule has 1 N–H and O–H groups in total. The zero-order valence-electron chi connectivity index (χ0n) is 10.6. The molecular formula is C12H15Cl3IN3O. The van der Waals surface area contributed by atoms with Crippen molar-refractivity contribution in [2.75, 3.05) is 0 Å². The van der Waals surface area contributed by atoms with Crippen molar-refractivity contribution in [1.29, 1.82) is 0 Å². The molecule has 3 unspecified atom stereocenters. The summed E-state index contributed by atoms with van der Waals surface area (Å²) in [7, 11) is 0. The predicted octanol–water partition coefficient (Wildman–Crippen LogP) is 3.17. The van der Waals surface area contributed by atoms with Crippen LogP contribution in [0.3, 0.4) is 0 Å². The molecule has 1 heterocycles. The van der Waals surface area contributed by atoms with Crippen LogP contribution in [0.1, 0.15) is 25.7 Å². The summed E-state index contributed by atoms with van der Waals surface area (Å²) in [5.74, 6) is 0.250. The number of hydrogen-bond donors (Lipinski definition) is 1. The fraction of sp³-hybridized carbons (Fsp3) is 0.833. The molecule has 0 spiro atoms. The minimum absolute atomic E-state index is 0.250. The lowest BCUT2D eigenvalue weighted by molar-refractivity contribution is -0.00288. The second-order valence-electron chi connectivity index (χ2n) is 5.86. The number of nitrogens with zero attached hydrogens (tertiary/aromatic N) is 3. The van der Waals surface area contributed by atoms with Gasteiger partial charge >= 0.3 is 0 Å². The highest BCUT2D eigenvalue weighted by Crippen LogP contribution is 2.60. The number of halogens is 4. The molecule has 1 aromatic heterocycles. The maximum atomic E-state index is 11.1. The van der Waals surface area contributed by atoms with Gasteiger partial charge in [0.05, 0.1) is 11.4 Å². The number of aliphatic hydroxyl groups is 1. The molecule has 20 heavy (non-hydrogen) atoms. The first kappa shape index (κ1) is 15.6. The van der Waals surface area contributed by atoms with E-state index in [2.05, 4.69) is 32.7 Å². The summed E-state index contributed by atoms with van der Waals surface area (Å²) < 4.78 is 1.29. The molecule has 3 rings (SSSR count). The first-order valence-corrected chi connectivity index (χ1v) is 8.90. The van der Waals surface area contributed by atoms with Crippen molar-refractivity contribution in [3.05, 3.63) is 12.7 Å². The van der Waals surface area contributed by atoms with Crippen molar-refractivity contribution in [2.45, 2.75) is 51.0 Å². The second kappa shape index (κ2) is 5.11. The SMILES string of the molecule is OC(CC[C@@H]1CC1(Cl)Cl)(Cn1cncn1)C1(Cl)CC1I. The average molecular weight is 451 g/mol. The summed E-state index contributed by atoms with van der Waals surface area (Å²) in [4.78, 5) is 3.32. The van der Waals surface area contributed by atoms with Crippen molar-refractivity contribution in [3.63, 3.8) is 0 Å². The van der Waals surface area contributed by atoms with Crippen molar-refractivity contribution >= 4 is 57.4 Å². The molecule has 0 aromatic carbocycles. The Morgan fingerprint density at radius 3 is 2.50 bits per heavy atom. The molecule has 2 aliphatic carbocycles. The molecule has 2 fully saturated rings. The van der Waals surface area contributed by atoms with Crippen molar-refractivity contribution in [3.8, 4) is 0 Å². The largest absolute Gasteiger partial charge is 0.386 e. The first-order valence-electron chi connectivity index (χ1n) is 6.52. The van der Waals surface area contributed by atoms with E-state index in [1.54, 1.807) is 11.0 Å². The Labute approximate surface area is 146 Å². The first-order chi connectivity index (χ1) is 9.27. The van der Waals surface area contributed by atoms with Gasteiger partial charge in [0.25, 0.3) is 0 Å². The van der Waals surface area contributed by atoms with Gasteiger partial charge in [-0.15, -0.1) is 34.8 Å². The zero-order valence-corrected chi connectivity index (χ0v) is 15.1. The maximum Gasteiger partial charge on any atom is 0.137 e. The Balaban J connectivity index is 1.70. The second-order valence-corrected chi connectivity index (χ2v) is 9.58. The minimum atomic E-state index is -1.01. The minimum Gasteiger partial charge on any atom is -0.386 e. The molecule has 0 amide bonds. The smallest absolute Gasteiger partial charge is 0.137 e. The van der Waals surface area contributed by atoms with E-state index < -0.39 is 14.8 Å². The fourth-order valence-electron chi connectivity index (χ4n) is 2.68. The van der Waals surface area contributed by atoms with E-state index in [1.807, 2.05) is 0 Å². The van der Waals surface area contributed by atoms with Crippen molar-refractivity contribution in [2.24, 2.45) is 5.92 Å². The van der Waals surface area contributed by atoms with Gasteiger partial charge < -0.3 is 5.11 Å². The highest BCUT2D eigenvalue weighted by Gasteiger charge is 2.65. The summed E-state index contributed by atoms with van der Waals surface area (Å²) >= 11 is 21.0. The summed E-state index contributed by atoms with van der Waals surface area (Å²) in [6, 6.07) is 0. The summed E-state index contributed by atoms with van der Waals surface area (Å²) in [6.07, 6.45) is 5.99. The third-order valence-corrected chi connectivity index (χ3v) is 7.91. The van der Waals surface area contributed by atoms with Crippen LogP contribution in [0.15, 0.2) is 12.7 Å². The van der Waals surface area contributed by atoms with Crippen LogP contribution >= 0.6 is 57.4 Å². The fourth-order valence-corrected chi connectivity index (χ4v) is 5.11. The van der Waals surface area contributed by atoms with Crippen molar-refractivity contribution < 1.29 is 5.11 Å². The van der Waals surface area contributed by atoms with Crippen LogP contribution in [-0.2, 0) is 6.54 Å². The molecule has 0 bridgehead atoms. The van der Waals surface area contributed by atoms with E-state index in [0.29, 0.717) is 13.0 Å². The third-order valence-electron chi connectivity index (χ3n) is 4.34. The van der Waals surface area contributed by atoms with Gasteiger partial charge in [0, 0.05) is 3.92 Å². The van der Waals surface area contributed by atoms with Crippen LogP contribution in [0, 0.1) is 5.92 Å². The Bertz CT molecular complexity index is 500. The Kier molecular flexibility index (Phi) is 3.99. The lowest BCUT2D eigenvalue weighted by Gasteiger charge is -2.33. The topological polar surface area (TPSA) is 50.9 Å². The molecule has 2 saturated carbocycles. The number of alkyl halides is 4. The molecule has 4 atom stereocenters. The average Bonchev–Trinajstić information content (AvgIpc) is 3.04. The Morgan fingerprint density at radius 1 is 1.40 bits per heavy atom. The van der Waals surface area contributed by atoms with Gasteiger partial charge in [0.2, 0.25) is 0 Å². The van der Waals surface area contributed by atoms with E-state index in [0.717, 1.165) is 19.3 Å². The lowest BCUT2D eigenvalue weighted by Crippen LogP contribution is -2.46. The third kappa shape index (κ3) is 2.81. The normalized spacial score (nSPS) is 37.5. The van der Waals surface area contributed by atoms with E-state index >= 15 is 0 Å². The van der Waals surface area contributed by atoms with E-state index in [9.17, 15) is 5.11 Å². The predicted molar refractivity (Wildman–Crippen MR) is 87.8 cm³/mol. The Morgan fingerprint density at radius 2 is 2.05 bits per heavy atom. The van der Waals surface area contributed by atoms with Crippen LogP contribution in [0.5, 0.6) is 0 Å². The van der Waals surface area contributed by atoms with E-state index in [-0.39, 0.29) is 9.84 Å². The molecule has 0 radical (unpaired) electrons. The molecule has 2 aliphatic rings. The molecule has 0 saturated heterocycles. The van der Waals surface area contributed by atoms with Crippen LogP contribution < -0.4 is 0 Å². The molecule has 0 aliphatic heterocycles. The van der Waals surface area contributed by atoms with Crippen LogP contribution in [-0.4, -0.2) is 38.6 Å². The summed E-state index contributed by atoms with van der Waals surface area (Å²) in [6.45, 7) is 0.348. The van der Waals surface area contributed by atoms with Gasteiger partial charge in [0.15, 0.2) is 0 Å². The van der Waals surface area contributed by atoms with Crippen LogP contribution in [0.2, 0.25) is 0 Å².